The zero-order valence-electron chi connectivity index (χ0n) is 18.0. The molecule has 2 N–H and O–H groups in total. The highest BCUT2D eigenvalue weighted by atomic mass is 32.2. The number of aromatic amines is 1. The van der Waals surface area contributed by atoms with Gasteiger partial charge in [-0.05, 0) is 45.4 Å². The van der Waals surface area contributed by atoms with Crippen molar-refractivity contribution in [2.24, 2.45) is 0 Å². The van der Waals surface area contributed by atoms with Crippen molar-refractivity contribution >= 4 is 27.6 Å². The Hall–Kier alpha value is -2.85. The molecule has 0 fully saturated rings. The van der Waals surface area contributed by atoms with E-state index in [1.807, 2.05) is 13.0 Å². The average Bonchev–Trinajstić information content (AvgIpc) is 2.96. The van der Waals surface area contributed by atoms with Crippen LogP contribution in [0.1, 0.15) is 34.2 Å². The number of nitrogens with one attached hydrogen (secondary N) is 2. The lowest BCUT2D eigenvalue weighted by atomic mass is 10.2. The number of carbonyl (C=O) groups excluding carboxylic acids is 2. The second-order valence-corrected chi connectivity index (χ2v) is 8.79. The molecule has 0 bridgehead atoms. The molecule has 1 heterocycles. The zero-order chi connectivity index (χ0) is 22.6. The quantitative estimate of drug-likeness (QED) is 0.612. The van der Waals surface area contributed by atoms with Gasteiger partial charge in [0.15, 0.2) is 0 Å². The van der Waals surface area contributed by atoms with Crippen molar-refractivity contribution in [1.82, 2.24) is 9.29 Å². The molecular formula is C20H27N3O6S. The molecular weight excluding hydrogens is 410 g/mol. The van der Waals surface area contributed by atoms with Gasteiger partial charge in [-0.25, -0.2) is 13.2 Å². The predicted octanol–water partition coefficient (Wildman–Crippen LogP) is 2.38. The highest BCUT2D eigenvalue weighted by Crippen LogP contribution is 2.28. The molecule has 2 aromatic rings. The van der Waals surface area contributed by atoms with Crippen molar-refractivity contribution < 1.29 is 27.5 Å². The number of aromatic nitrogens is 1. The fourth-order valence-corrected chi connectivity index (χ4v) is 4.61. The molecule has 0 saturated carbocycles. The minimum Gasteiger partial charge on any atom is -0.495 e. The maximum absolute atomic E-state index is 13.2. The van der Waals surface area contributed by atoms with Crippen LogP contribution in [0.2, 0.25) is 0 Å². The maximum atomic E-state index is 13.2. The van der Waals surface area contributed by atoms with Gasteiger partial charge in [0, 0.05) is 18.4 Å². The van der Waals surface area contributed by atoms with Gasteiger partial charge in [0.05, 0.1) is 25.9 Å². The van der Waals surface area contributed by atoms with Crippen LogP contribution in [0.25, 0.3) is 0 Å². The molecule has 2 rings (SSSR count). The largest absolute Gasteiger partial charge is 0.495 e. The average molecular weight is 438 g/mol. The fraction of sp³-hybridized carbons (Fsp3) is 0.400. The molecule has 1 amide bonds. The number of rotatable bonds is 8. The number of esters is 1. The van der Waals surface area contributed by atoms with Crippen LogP contribution in [-0.2, 0) is 19.6 Å². The van der Waals surface area contributed by atoms with Gasteiger partial charge in [-0.1, -0.05) is 6.07 Å². The summed E-state index contributed by atoms with van der Waals surface area (Å²) in [7, 11) is -1.39. The molecule has 9 nitrogen and oxygen atoms in total. The lowest BCUT2D eigenvalue weighted by Crippen LogP contribution is -2.35. The normalized spacial score (nSPS) is 11.4. The third-order valence-corrected chi connectivity index (χ3v) is 6.44. The van der Waals surface area contributed by atoms with Crippen molar-refractivity contribution in [3.63, 3.8) is 0 Å². The van der Waals surface area contributed by atoms with E-state index < -0.39 is 28.4 Å². The summed E-state index contributed by atoms with van der Waals surface area (Å²) in [6, 6.07) is 5.27. The molecule has 0 aliphatic carbocycles. The predicted molar refractivity (Wildman–Crippen MR) is 112 cm³/mol. The summed E-state index contributed by atoms with van der Waals surface area (Å²) >= 11 is 0. The summed E-state index contributed by atoms with van der Waals surface area (Å²) in [6.07, 6.45) is 0. The number of hydrogen-bond donors (Lipinski definition) is 2. The van der Waals surface area contributed by atoms with E-state index in [-0.39, 0.29) is 17.1 Å². The minimum absolute atomic E-state index is 0.0537. The summed E-state index contributed by atoms with van der Waals surface area (Å²) < 4.78 is 37.4. The Morgan fingerprint density at radius 1 is 1.17 bits per heavy atom. The van der Waals surface area contributed by atoms with E-state index in [0.29, 0.717) is 22.8 Å². The summed E-state index contributed by atoms with van der Waals surface area (Å²) in [6.45, 7) is 6.30. The molecule has 0 spiro atoms. The zero-order valence-corrected chi connectivity index (χ0v) is 18.8. The number of amides is 1. The Bertz CT molecular complexity index is 1060. The van der Waals surface area contributed by atoms with Gasteiger partial charge in [0.25, 0.3) is 0 Å². The van der Waals surface area contributed by atoms with Gasteiger partial charge in [-0.2, -0.15) is 4.31 Å². The fourth-order valence-electron chi connectivity index (χ4n) is 3.08. The molecule has 0 saturated heterocycles. The smallest absolute Gasteiger partial charge is 0.341 e. The number of hydrogen-bond acceptors (Lipinski definition) is 6. The van der Waals surface area contributed by atoms with E-state index in [0.717, 1.165) is 9.87 Å². The molecule has 164 valence electrons. The van der Waals surface area contributed by atoms with Crippen LogP contribution in [0.4, 0.5) is 5.69 Å². The van der Waals surface area contributed by atoms with Gasteiger partial charge < -0.3 is 19.8 Å². The van der Waals surface area contributed by atoms with Gasteiger partial charge in [-0.15, -0.1) is 0 Å². The van der Waals surface area contributed by atoms with E-state index >= 15 is 0 Å². The highest BCUT2D eigenvalue weighted by Gasteiger charge is 2.33. The van der Waals surface area contributed by atoms with Gasteiger partial charge >= 0.3 is 5.97 Å². The number of sulfonamides is 1. The number of anilines is 1. The first-order valence-electron chi connectivity index (χ1n) is 9.30. The van der Waals surface area contributed by atoms with E-state index in [4.69, 9.17) is 9.47 Å². The second kappa shape index (κ2) is 9.31. The van der Waals surface area contributed by atoms with Crippen LogP contribution in [0, 0.1) is 20.8 Å². The Labute approximate surface area is 176 Å². The summed E-state index contributed by atoms with van der Waals surface area (Å²) in [5.41, 5.74) is 1.97. The van der Waals surface area contributed by atoms with E-state index in [2.05, 4.69) is 10.3 Å². The Morgan fingerprint density at radius 3 is 2.43 bits per heavy atom. The monoisotopic (exact) mass is 437 g/mol. The van der Waals surface area contributed by atoms with Gasteiger partial charge in [0.2, 0.25) is 15.9 Å². The molecule has 0 aliphatic heterocycles. The first-order valence-corrected chi connectivity index (χ1v) is 10.7. The third kappa shape index (κ3) is 4.82. The number of carbonyl (C=O) groups is 2. The molecule has 0 radical (unpaired) electrons. The molecule has 0 unspecified atom stereocenters. The number of aryl methyl sites for hydroxylation is 3. The first-order chi connectivity index (χ1) is 14.0. The summed E-state index contributed by atoms with van der Waals surface area (Å²) in [5, 5.41) is 2.66. The van der Waals surface area contributed by atoms with Gasteiger partial charge in [0.1, 0.15) is 16.2 Å². The number of methoxy groups -OCH3 is 1. The molecule has 1 aromatic carbocycles. The van der Waals surface area contributed by atoms with Crippen molar-refractivity contribution in [1.29, 1.82) is 0 Å². The Morgan fingerprint density at radius 2 is 1.83 bits per heavy atom. The van der Waals surface area contributed by atoms with Crippen molar-refractivity contribution in [2.75, 3.05) is 32.6 Å². The van der Waals surface area contributed by atoms with Crippen LogP contribution < -0.4 is 10.1 Å². The number of ether oxygens (including phenoxy) is 2. The summed E-state index contributed by atoms with van der Waals surface area (Å²) in [5.74, 6) is -0.825. The molecule has 0 aliphatic rings. The minimum atomic E-state index is -4.14. The van der Waals surface area contributed by atoms with Crippen LogP contribution in [0.3, 0.4) is 0 Å². The third-order valence-electron chi connectivity index (χ3n) is 4.46. The standard InChI is InChI=1S/C20H27N3O6S/c1-7-29-20(25)18-13(3)21-14(4)19(18)30(26,27)23(5)11-17(24)22-15-10-12(2)8-9-16(15)28-6/h8-10,21H,7,11H2,1-6H3,(H,22,24). The van der Waals surface area contributed by atoms with E-state index in [1.54, 1.807) is 32.9 Å². The molecule has 1 aromatic heterocycles. The van der Waals surface area contributed by atoms with Gasteiger partial charge in [-0.3, -0.25) is 4.79 Å². The van der Waals surface area contributed by atoms with Crippen LogP contribution in [0.15, 0.2) is 23.1 Å². The molecule has 30 heavy (non-hydrogen) atoms. The van der Waals surface area contributed by atoms with Crippen LogP contribution in [-0.4, -0.2) is 56.9 Å². The van der Waals surface area contributed by atoms with Crippen molar-refractivity contribution in [3.8, 4) is 5.75 Å². The topological polar surface area (TPSA) is 118 Å². The SMILES string of the molecule is CCOC(=O)c1c(C)[nH]c(C)c1S(=O)(=O)N(C)CC(=O)Nc1cc(C)ccc1OC. The van der Waals surface area contributed by atoms with Crippen LogP contribution in [0.5, 0.6) is 5.75 Å². The van der Waals surface area contributed by atoms with E-state index in [9.17, 15) is 18.0 Å². The number of nitrogens with zero attached hydrogens (tertiary/aromatic N) is 1. The van der Waals surface area contributed by atoms with Crippen molar-refractivity contribution in [2.45, 2.75) is 32.6 Å². The molecule has 10 heteroatoms. The molecule has 0 atom stereocenters. The number of H-pyrrole nitrogens is 1. The summed E-state index contributed by atoms with van der Waals surface area (Å²) in [4.78, 5) is 27.5. The number of likely N-dealkylation sites (N-methyl/N-ethyl adjacent to an activating group) is 1. The number of benzene rings is 1. The lowest BCUT2D eigenvalue weighted by molar-refractivity contribution is -0.116. The second-order valence-electron chi connectivity index (χ2n) is 6.81. The maximum Gasteiger partial charge on any atom is 0.341 e. The Kier molecular flexibility index (Phi) is 7.27. The Balaban J connectivity index is 2.29. The lowest BCUT2D eigenvalue weighted by Gasteiger charge is -2.18. The van der Waals surface area contributed by atoms with Crippen LogP contribution >= 0.6 is 0 Å². The van der Waals surface area contributed by atoms with Crippen molar-refractivity contribution in [3.05, 3.63) is 40.7 Å². The van der Waals surface area contributed by atoms with E-state index in [1.165, 1.54) is 14.2 Å². The first kappa shape index (κ1) is 23.4. The highest BCUT2D eigenvalue weighted by molar-refractivity contribution is 7.89.